The van der Waals surface area contributed by atoms with Gasteiger partial charge in [-0.15, -0.1) is 0 Å². The maximum absolute atomic E-state index is 13.0. The Morgan fingerprint density at radius 1 is 1.06 bits per heavy atom. The fraction of sp³-hybridized carbons (Fsp3) is 0.423. The maximum Gasteiger partial charge on any atom is 0.407 e. The number of carboxylic acids is 1. The molecule has 0 bridgehead atoms. The summed E-state index contributed by atoms with van der Waals surface area (Å²) in [5.41, 5.74) is 4.55. The van der Waals surface area contributed by atoms with Crippen LogP contribution in [-0.4, -0.2) is 54.2 Å². The average molecular weight is 451 g/mol. The summed E-state index contributed by atoms with van der Waals surface area (Å²) in [5, 5.41) is 11.9. The second kappa shape index (κ2) is 9.65. The summed E-state index contributed by atoms with van der Waals surface area (Å²) in [6.45, 7) is 1.82. The van der Waals surface area contributed by atoms with Crippen LogP contribution in [0.4, 0.5) is 4.79 Å². The van der Waals surface area contributed by atoms with Gasteiger partial charge >= 0.3 is 12.1 Å². The van der Waals surface area contributed by atoms with E-state index in [1.165, 1.54) is 4.90 Å². The van der Waals surface area contributed by atoms with Gasteiger partial charge in [-0.25, -0.2) is 4.79 Å². The number of alkyl carbamates (subject to hydrolysis) is 1. The lowest BCUT2D eigenvalue weighted by Crippen LogP contribution is -2.49. The summed E-state index contributed by atoms with van der Waals surface area (Å²) in [7, 11) is 1.57. The first kappa shape index (κ1) is 22.8. The maximum atomic E-state index is 13.0. The van der Waals surface area contributed by atoms with Crippen molar-refractivity contribution in [3.8, 4) is 11.1 Å². The van der Waals surface area contributed by atoms with Gasteiger partial charge in [-0.3, -0.25) is 9.59 Å². The highest BCUT2D eigenvalue weighted by Gasteiger charge is 2.34. The minimum absolute atomic E-state index is 0.0557. The standard InChI is InChI=1S/C26H30N2O5/c1-16(25(30)31)14-28(2)24(29)23(13-17-11-12-17)27-26(32)33-15-22-20-9-5-3-7-18(20)19-8-4-6-10-21(19)22/h3-10,16-17,22-23H,11-15H2,1-2H3,(H,27,32)(H,30,31)/t16?,23-/m0/s1. The smallest absolute Gasteiger partial charge is 0.407 e. The normalized spacial score (nSPS) is 16.3. The molecule has 1 saturated carbocycles. The minimum atomic E-state index is -0.960. The monoisotopic (exact) mass is 450 g/mol. The van der Waals surface area contributed by atoms with E-state index in [-0.39, 0.29) is 25.0 Å². The van der Waals surface area contributed by atoms with Crippen molar-refractivity contribution in [1.29, 1.82) is 0 Å². The number of benzene rings is 2. The largest absolute Gasteiger partial charge is 0.481 e. The molecule has 7 nitrogen and oxygen atoms in total. The van der Waals surface area contributed by atoms with Crippen molar-refractivity contribution in [1.82, 2.24) is 10.2 Å². The molecule has 33 heavy (non-hydrogen) atoms. The zero-order chi connectivity index (χ0) is 23.5. The topological polar surface area (TPSA) is 95.9 Å². The molecule has 2 N–H and O–H groups in total. The first-order valence-electron chi connectivity index (χ1n) is 11.4. The molecular weight excluding hydrogens is 420 g/mol. The molecule has 2 amide bonds. The molecule has 0 aromatic heterocycles. The molecule has 1 unspecified atom stereocenters. The molecule has 0 aliphatic heterocycles. The molecule has 0 radical (unpaired) electrons. The number of amides is 2. The summed E-state index contributed by atoms with van der Waals surface area (Å²) < 4.78 is 5.61. The summed E-state index contributed by atoms with van der Waals surface area (Å²) in [6.07, 6.45) is 1.97. The Bertz CT molecular complexity index is 1000. The van der Waals surface area contributed by atoms with Gasteiger partial charge in [0.1, 0.15) is 12.6 Å². The van der Waals surface area contributed by atoms with E-state index >= 15 is 0 Å². The predicted molar refractivity (Wildman–Crippen MR) is 124 cm³/mol. The Morgan fingerprint density at radius 2 is 1.64 bits per heavy atom. The molecule has 2 aromatic rings. The molecular formula is C26H30N2O5. The number of hydrogen-bond donors (Lipinski definition) is 2. The molecule has 0 spiro atoms. The third kappa shape index (κ3) is 5.18. The molecule has 7 heteroatoms. The fourth-order valence-corrected chi connectivity index (χ4v) is 4.54. The highest BCUT2D eigenvalue weighted by atomic mass is 16.5. The SMILES string of the molecule is CC(CN(C)C(=O)[C@H](CC1CC1)NC(=O)OCC1c2ccccc2-c2ccccc21)C(=O)O. The highest BCUT2D eigenvalue weighted by molar-refractivity contribution is 5.86. The highest BCUT2D eigenvalue weighted by Crippen LogP contribution is 2.44. The molecule has 1 fully saturated rings. The van der Waals surface area contributed by atoms with Crippen LogP contribution in [0, 0.1) is 11.8 Å². The van der Waals surface area contributed by atoms with Crippen LogP contribution in [0.5, 0.6) is 0 Å². The van der Waals surface area contributed by atoms with Gasteiger partial charge < -0.3 is 20.1 Å². The van der Waals surface area contributed by atoms with E-state index in [9.17, 15) is 14.4 Å². The number of fused-ring (bicyclic) bond motifs is 3. The predicted octanol–water partition coefficient (Wildman–Crippen LogP) is 3.87. The number of carbonyl (C=O) groups excluding carboxylic acids is 2. The molecule has 4 rings (SSSR count). The van der Waals surface area contributed by atoms with Crippen LogP contribution in [0.1, 0.15) is 43.2 Å². The second-order valence-electron chi connectivity index (χ2n) is 9.16. The van der Waals surface area contributed by atoms with Gasteiger partial charge in [0, 0.05) is 19.5 Å². The van der Waals surface area contributed by atoms with E-state index in [0.29, 0.717) is 12.3 Å². The third-order valence-electron chi connectivity index (χ3n) is 6.55. The van der Waals surface area contributed by atoms with Crippen molar-refractivity contribution >= 4 is 18.0 Å². The molecule has 2 aliphatic rings. The minimum Gasteiger partial charge on any atom is -0.481 e. The van der Waals surface area contributed by atoms with Crippen molar-refractivity contribution in [2.24, 2.45) is 11.8 Å². The number of nitrogens with zero attached hydrogens (tertiary/aromatic N) is 1. The van der Waals surface area contributed by atoms with Crippen molar-refractivity contribution in [3.63, 3.8) is 0 Å². The number of nitrogens with one attached hydrogen (secondary N) is 1. The van der Waals surface area contributed by atoms with Gasteiger partial charge in [0.05, 0.1) is 5.92 Å². The summed E-state index contributed by atoms with van der Waals surface area (Å²) in [4.78, 5) is 38.2. The lowest BCUT2D eigenvalue weighted by Gasteiger charge is -2.26. The van der Waals surface area contributed by atoms with E-state index in [1.807, 2.05) is 24.3 Å². The summed E-state index contributed by atoms with van der Waals surface area (Å²) in [5.74, 6) is -1.59. The number of ether oxygens (including phenoxy) is 1. The van der Waals surface area contributed by atoms with Crippen LogP contribution < -0.4 is 5.32 Å². The quantitative estimate of drug-likeness (QED) is 0.605. The first-order chi connectivity index (χ1) is 15.8. The molecule has 0 heterocycles. The number of carbonyl (C=O) groups is 3. The van der Waals surface area contributed by atoms with Gasteiger partial charge in [0.15, 0.2) is 0 Å². The number of carboxylic acid groups (broad SMARTS) is 1. The second-order valence-corrected chi connectivity index (χ2v) is 9.16. The summed E-state index contributed by atoms with van der Waals surface area (Å²) >= 11 is 0. The van der Waals surface area contributed by atoms with Gasteiger partial charge in [0.2, 0.25) is 5.91 Å². The Morgan fingerprint density at radius 3 is 2.18 bits per heavy atom. The lowest BCUT2D eigenvalue weighted by molar-refractivity contribution is -0.143. The van der Waals surface area contributed by atoms with E-state index in [0.717, 1.165) is 35.1 Å². The zero-order valence-corrected chi connectivity index (χ0v) is 19.0. The average Bonchev–Trinajstić information content (AvgIpc) is 3.57. The van der Waals surface area contributed by atoms with Crippen molar-refractivity contribution < 1.29 is 24.2 Å². The van der Waals surface area contributed by atoms with Crippen LogP contribution in [0.25, 0.3) is 11.1 Å². The van der Waals surface area contributed by atoms with Gasteiger partial charge in [-0.1, -0.05) is 68.3 Å². The van der Waals surface area contributed by atoms with Crippen LogP contribution in [-0.2, 0) is 14.3 Å². The van der Waals surface area contributed by atoms with Crippen LogP contribution in [0.2, 0.25) is 0 Å². The van der Waals surface area contributed by atoms with Crippen LogP contribution >= 0.6 is 0 Å². The Hall–Kier alpha value is -3.35. The van der Waals surface area contributed by atoms with Gasteiger partial charge in [-0.05, 0) is 34.6 Å². The fourth-order valence-electron chi connectivity index (χ4n) is 4.54. The number of rotatable bonds is 9. The Labute approximate surface area is 193 Å². The van der Waals surface area contributed by atoms with E-state index in [2.05, 4.69) is 29.6 Å². The number of aliphatic carboxylic acids is 1. The van der Waals surface area contributed by atoms with Gasteiger partial charge in [-0.2, -0.15) is 0 Å². The summed E-state index contributed by atoms with van der Waals surface area (Å²) in [6, 6.07) is 15.5. The number of likely N-dealkylation sites (N-methyl/N-ethyl adjacent to an activating group) is 1. The Balaban J connectivity index is 1.40. The number of hydrogen-bond acceptors (Lipinski definition) is 4. The lowest BCUT2D eigenvalue weighted by atomic mass is 9.98. The third-order valence-corrected chi connectivity index (χ3v) is 6.55. The molecule has 2 aliphatic carbocycles. The van der Waals surface area contributed by atoms with Crippen LogP contribution in [0.15, 0.2) is 48.5 Å². The van der Waals surface area contributed by atoms with Crippen LogP contribution in [0.3, 0.4) is 0 Å². The van der Waals surface area contributed by atoms with Crippen molar-refractivity contribution in [2.45, 2.75) is 38.1 Å². The Kier molecular flexibility index (Phi) is 6.67. The van der Waals surface area contributed by atoms with Crippen molar-refractivity contribution in [2.75, 3.05) is 20.2 Å². The van der Waals surface area contributed by atoms with Crippen molar-refractivity contribution in [3.05, 3.63) is 59.7 Å². The van der Waals surface area contributed by atoms with E-state index in [4.69, 9.17) is 9.84 Å². The first-order valence-corrected chi connectivity index (χ1v) is 11.4. The zero-order valence-electron chi connectivity index (χ0n) is 19.0. The molecule has 0 saturated heterocycles. The van der Waals surface area contributed by atoms with E-state index in [1.54, 1.807) is 14.0 Å². The molecule has 2 atom stereocenters. The molecule has 174 valence electrons. The van der Waals surface area contributed by atoms with E-state index < -0.39 is 24.0 Å². The van der Waals surface area contributed by atoms with Gasteiger partial charge in [0.25, 0.3) is 0 Å². The molecule has 2 aromatic carbocycles.